The summed E-state index contributed by atoms with van der Waals surface area (Å²) in [5.41, 5.74) is 0.975. The SMILES string of the molecule is CC(NC(=O)CSc1nnc(C2CC2)n1Cc1ccco1)c1cccc(Cl)c1. The first-order chi connectivity index (χ1) is 13.6. The second-order valence-corrected chi connectivity index (χ2v) is 8.29. The Morgan fingerprint density at radius 2 is 2.21 bits per heavy atom. The lowest BCUT2D eigenvalue weighted by Crippen LogP contribution is -2.28. The fourth-order valence-corrected chi connectivity index (χ4v) is 3.98. The van der Waals surface area contributed by atoms with Crippen LogP contribution in [0.3, 0.4) is 0 Å². The Labute approximate surface area is 172 Å². The van der Waals surface area contributed by atoms with Crippen LogP contribution in [0.4, 0.5) is 0 Å². The highest BCUT2D eigenvalue weighted by molar-refractivity contribution is 7.99. The van der Waals surface area contributed by atoms with Gasteiger partial charge in [0.2, 0.25) is 5.91 Å². The molecule has 2 heterocycles. The average Bonchev–Trinajstić information content (AvgIpc) is 3.24. The molecule has 1 amide bonds. The van der Waals surface area contributed by atoms with Crippen LogP contribution in [0.25, 0.3) is 0 Å². The van der Waals surface area contributed by atoms with Crippen LogP contribution in [0.15, 0.2) is 52.2 Å². The second-order valence-electron chi connectivity index (χ2n) is 6.91. The van der Waals surface area contributed by atoms with Crippen molar-refractivity contribution in [3.05, 3.63) is 64.8 Å². The molecule has 2 aromatic heterocycles. The topological polar surface area (TPSA) is 73.0 Å². The van der Waals surface area contributed by atoms with E-state index in [-0.39, 0.29) is 17.7 Å². The molecular formula is C20H21ClN4O2S. The van der Waals surface area contributed by atoms with E-state index in [4.69, 9.17) is 16.0 Å². The van der Waals surface area contributed by atoms with Gasteiger partial charge >= 0.3 is 0 Å². The summed E-state index contributed by atoms with van der Waals surface area (Å²) < 4.78 is 7.54. The van der Waals surface area contributed by atoms with Crippen molar-refractivity contribution in [1.82, 2.24) is 20.1 Å². The number of halogens is 1. The lowest BCUT2D eigenvalue weighted by Gasteiger charge is -2.14. The van der Waals surface area contributed by atoms with Crippen molar-refractivity contribution >= 4 is 29.3 Å². The highest BCUT2D eigenvalue weighted by Crippen LogP contribution is 2.40. The van der Waals surface area contributed by atoms with Gasteiger partial charge in [0.15, 0.2) is 5.16 Å². The number of amides is 1. The van der Waals surface area contributed by atoms with Gasteiger partial charge in [-0.05, 0) is 49.6 Å². The van der Waals surface area contributed by atoms with Crippen LogP contribution in [0.2, 0.25) is 5.02 Å². The van der Waals surface area contributed by atoms with E-state index in [2.05, 4.69) is 20.1 Å². The van der Waals surface area contributed by atoms with Gasteiger partial charge in [0.25, 0.3) is 0 Å². The molecular weight excluding hydrogens is 396 g/mol. The van der Waals surface area contributed by atoms with Crippen molar-refractivity contribution in [3.63, 3.8) is 0 Å². The minimum Gasteiger partial charge on any atom is -0.467 e. The van der Waals surface area contributed by atoms with E-state index in [1.54, 1.807) is 6.26 Å². The fourth-order valence-electron chi connectivity index (χ4n) is 3.03. The maximum absolute atomic E-state index is 12.4. The largest absolute Gasteiger partial charge is 0.467 e. The van der Waals surface area contributed by atoms with Crippen LogP contribution in [-0.2, 0) is 11.3 Å². The molecule has 28 heavy (non-hydrogen) atoms. The highest BCUT2D eigenvalue weighted by atomic mass is 35.5. The number of benzene rings is 1. The molecule has 1 aliphatic rings. The predicted molar refractivity (Wildman–Crippen MR) is 109 cm³/mol. The van der Waals surface area contributed by atoms with E-state index in [1.165, 1.54) is 11.8 Å². The van der Waals surface area contributed by atoms with Crippen molar-refractivity contribution in [3.8, 4) is 0 Å². The number of hydrogen-bond donors (Lipinski definition) is 1. The zero-order valence-electron chi connectivity index (χ0n) is 15.5. The summed E-state index contributed by atoms with van der Waals surface area (Å²) in [5, 5.41) is 13.1. The van der Waals surface area contributed by atoms with E-state index in [0.29, 0.717) is 17.5 Å². The molecule has 3 aromatic rings. The monoisotopic (exact) mass is 416 g/mol. The van der Waals surface area contributed by atoms with Gasteiger partial charge in [0, 0.05) is 10.9 Å². The molecule has 1 unspecified atom stereocenters. The number of hydrogen-bond acceptors (Lipinski definition) is 5. The normalized spacial score (nSPS) is 14.8. The Hall–Kier alpha value is -2.25. The van der Waals surface area contributed by atoms with Crippen LogP contribution >= 0.6 is 23.4 Å². The predicted octanol–water partition coefficient (Wildman–Crippen LogP) is 4.42. The molecule has 0 spiro atoms. The van der Waals surface area contributed by atoms with Crippen molar-refractivity contribution in [1.29, 1.82) is 0 Å². The summed E-state index contributed by atoms with van der Waals surface area (Å²) in [7, 11) is 0. The molecule has 1 aliphatic carbocycles. The molecule has 0 radical (unpaired) electrons. The van der Waals surface area contributed by atoms with Gasteiger partial charge in [-0.3, -0.25) is 9.36 Å². The number of nitrogens with zero attached hydrogens (tertiary/aromatic N) is 3. The number of carbonyl (C=O) groups excluding carboxylic acids is 1. The van der Waals surface area contributed by atoms with E-state index < -0.39 is 0 Å². The van der Waals surface area contributed by atoms with E-state index in [1.807, 2.05) is 43.3 Å². The average molecular weight is 417 g/mol. The molecule has 146 valence electrons. The van der Waals surface area contributed by atoms with E-state index in [9.17, 15) is 4.79 Å². The molecule has 1 fully saturated rings. The summed E-state index contributed by atoms with van der Waals surface area (Å²) in [6, 6.07) is 11.2. The number of furan rings is 1. The van der Waals surface area contributed by atoms with E-state index in [0.717, 1.165) is 35.1 Å². The van der Waals surface area contributed by atoms with Crippen LogP contribution < -0.4 is 5.32 Å². The third kappa shape index (κ3) is 4.59. The van der Waals surface area contributed by atoms with Gasteiger partial charge in [-0.2, -0.15) is 0 Å². The first kappa shape index (κ1) is 19.1. The Kier molecular flexibility index (Phi) is 5.73. The molecule has 4 rings (SSSR count). The minimum absolute atomic E-state index is 0.0574. The summed E-state index contributed by atoms with van der Waals surface area (Å²) in [6.45, 7) is 2.52. The Morgan fingerprint density at radius 1 is 1.36 bits per heavy atom. The summed E-state index contributed by atoms with van der Waals surface area (Å²) >= 11 is 7.43. The van der Waals surface area contributed by atoms with Gasteiger partial charge in [-0.1, -0.05) is 35.5 Å². The summed E-state index contributed by atoms with van der Waals surface area (Å²) in [6.07, 6.45) is 3.94. The molecule has 8 heteroatoms. The fraction of sp³-hybridized carbons (Fsp3) is 0.350. The van der Waals surface area contributed by atoms with Crippen molar-refractivity contribution in [2.45, 2.75) is 43.4 Å². The molecule has 0 aliphatic heterocycles. The number of nitrogens with one attached hydrogen (secondary N) is 1. The van der Waals surface area contributed by atoms with Crippen LogP contribution in [0.1, 0.15) is 48.9 Å². The Morgan fingerprint density at radius 3 is 2.93 bits per heavy atom. The van der Waals surface area contributed by atoms with Crippen LogP contribution in [-0.4, -0.2) is 26.4 Å². The molecule has 1 N–H and O–H groups in total. The Bertz CT molecular complexity index is 953. The van der Waals surface area contributed by atoms with Gasteiger partial charge in [-0.25, -0.2) is 0 Å². The van der Waals surface area contributed by atoms with Crippen molar-refractivity contribution in [2.75, 3.05) is 5.75 Å². The number of carbonyl (C=O) groups is 1. The Balaban J connectivity index is 1.39. The quantitative estimate of drug-likeness (QED) is 0.550. The number of thioether (sulfide) groups is 1. The molecule has 6 nitrogen and oxygen atoms in total. The van der Waals surface area contributed by atoms with Gasteiger partial charge in [0.05, 0.1) is 24.6 Å². The van der Waals surface area contributed by atoms with Crippen LogP contribution in [0, 0.1) is 0 Å². The number of rotatable bonds is 8. The summed E-state index contributed by atoms with van der Waals surface area (Å²) in [4.78, 5) is 12.4. The highest BCUT2D eigenvalue weighted by Gasteiger charge is 2.30. The van der Waals surface area contributed by atoms with Gasteiger partial charge < -0.3 is 9.73 Å². The van der Waals surface area contributed by atoms with Gasteiger partial charge in [-0.15, -0.1) is 10.2 Å². The van der Waals surface area contributed by atoms with Gasteiger partial charge in [0.1, 0.15) is 11.6 Å². The first-order valence-corrected chi connectivity index (χ1v) is 10.6. The first-order valence-electron chi connectivity index (χ1n) is 9.23. The lowest BCUT2D eigenvalue weighted by atomic mass is 10.1. The standard InChI is InChI=1S/C20H21ClN4O2S/c1-13(15-4-2-5-16(21)10-15)22-18(26)12-28-20-24-23-19(14-7-8-14)25(20)11-17-6-3-9-27-17/h2-6,9-10,13-14H,7-8,11-12H2,1H3,(H,22,26). The second kappa shape index (κ2) is 8.41. The summed E-state index contributed by atoms with van der Waals surface area (Å²) in [5.74, 6) is 2.51. The third-order valence-corrected chi connectivity index (χ3v) is 5.84. The third-order valence-electron chi connectivity index (χ3n) is 4.64. The molecule has 0 bridgehead atoms. The van der Waals surface area contributed by atoms with Crippen LogP contribution in [0.5, 0.6) is 0 Å². The lowest BCUT2D eigenvalue weighted by molar-refractivity contribution is -0.119. The van der Waals surface area contributed by atoms with Crippen molar-refractivity contribution in [2.24, 2.45) is 0 Å². The maximum atomic E-state index is 12.4. The zero-order valence-corrected chi connectivity index (χ0v) is 17.0. The maximum Gasteiger partial charge on any atom is 0.230 e. The molecule has 1 atom stereocenters. The number of aromatic nitrogens is 3. The van der Waals surface area contributed by atoms with Crippen molar-refractivity contribution < 1.29 is 9.21 Å². The minimum atomic E-state index is -0.116. The molecule has 0 saturated heterocycles. The smallest absolute Gasteiger partial charge is 0.230 e. The molecule has 1 aromatic carbocycles. The zero-order chi connectivity index (χ0) is 19.5. The van der Waals surface area contributed by atoms with E-state index >= 15 is 0 Å². The molecule has 1 saturated carbocycles.